The topological polar surface area (TPSA) is 55.1 Å². The Morgan fingerprint density at radius 1 is 2.00 bits per heavy atom. The fourth-order valence-electron chi connectivity index (χ4n) is 0.0417. The third kappa shape index (κ3) is 3.59. The van der Waals surface area contributed by atoms with Crippen molar-refractivity contribution in [1.82, 2.24) is 5.43 Å². The number of hydrogen-bond acceptors (Lipinski definition) is 3. The fraction of sp³-hybridized carbons (Fsp3) is 0.500. The second-order valence-corrected chi connectivity index (χ2v) is 0.525. The van der Waals surface area contributed by atoms with Crippen LogP contribution in [0.5, 0.6) is 0 Å². The lowest BCUT2D eigenvalue weighted by Crippen LogP contribution is -2.23. The lowest BCUT2D eigenvalue weighted by Gasteiger charge is -1.75. The Morgan fingerprint density at radius 3 is 2.60 bits per heavy atom. The normalized spacial score (nSPS) is 7.40. The minimum Gasteiger partial charge on any atom is -0.289 e. The molecule has 3 nitrogen and oxygen atoms in total. The van der Waals surface area contributed by atoms with Crippen LogP contribution in [0.2, 0.25) is 0 Å². The molecule has 0 aromatic rings. The van der Waals surface area contributed by atoms with Gasteiger partial charge >= 0.3 is 0 Å². The molecule has 3 N–H and O–H groups in total. The van der Waals surface area contributed by atoms with Crippen LogP contribution >= 0.6 is 0 Å². The summed E-state index contributed by atoms with van der Waals surface area (Å²) in [6, 6.07) is 0. The van der Waals surface area contributed by atoms with Crippen LogP contribution in [0.25, 0.3) is 0 Å². The quantitative estimate of drug-likeness (QED) is 0.311. The lowest BCUT2D eigenvalue weighted by molar-refractivity contribution is 0.550. The molecule has 0 saturated carbocycles. The van der Waals surface area contributed by atoms with Crippen molar-refractivity contribution in [2.45, 2.75) is 0 Å². The maximum atomic E-state index is 9.14. The predicted octanol–water partition coefficient (Wildman–Crippen LogP) is -1.44. The molecule has 0 aliphatic heterocycles. The van der Waals surface area contributed by atoms with Gasteiger partial charge in [0.25, 0.3) is 0 Å². The Kier molecular flexibility index (Phi) is 3.30. The molecule has 1 radical (unpaired) electrons. The minimum atomic E-state index is 0.111. The molecule has 0 unspecified atom stereocenters. The second-order valence-electron chi connectivity index (χ2n) is 0.525. The summed E-state index contributed by atoms with van der Waals surface area (Å²) >= 11 is 0. The third-order valence-corrected chi connectivity index (χ3v) is 0.174. The molecule has 0 heterocycles. The van der Waals surface area contributed by atoms with Gasteiger partial charge in [-0.25, -0.2) is 0 Å². The van der Waals surface area contributed by atoms with E-state index in [1.165, 1.54) is 6.29 Å². The third-order valence-electron chi connectivity index (χ3n) is 0.174. The number of nitrogens with one attached hydrogen (secondary N) is 1. The summed E-state index contributed by atoms with van der Waals surface area (Å²) in [5, 5.41) is 0. The first-order valence-corrected chi connectivity index (χ1v) is 1.20. The first-order chi connectivity index (χ1) is 2.41. The smallest absolute Gasteiger partial charge is 0.214 e. The average molecular weight is 73.1 g/mol. The van der Waals surface area contributed by atoms with Gasteiger partial charge in [-0.15, -0.1) is 0 Å². The van der Waals surface area contributed by atoms with Gasteiger partial charge in [0.1, 0.15) is 0 Å². The maximum absolute atomic E-state index is 9.14. The molecule has 29 valence electrons. The Bertz CT molecular complexity index is 28.8. The monoisotopic (exact) mass is 73.0 g/mol. The molecule has 0 saturated heterocycles. The summed E-state index contributed by atoms with van der Waals surface area (Å²) in [5.74, 6) is 4.63. The maximum Gasteiger partial charge on any atom is 0.214 e. The largest absolute Gasteiger partial charge is 0.289 e. The zero-order chi connectivity index (χ0) is 4.12. The lowest BCUT2D eigenvalue weighted by atomic mass is 10.8. The highest BCUT2D eigenvalue weighted by Gasteiger charge is 1.65. The van der Waals surface area contributed by atoms with Crippen LogP contribution in [0, 0.1) is 0 Å². The molecular formula is C2H5N2O. The summed E-state index contributed by atoms with van der Waals surface area (Å²) in [5.41, 5.74) is 2.09. The van der Waals surface area contributed by atoms with E-state index < -0.39 is 0 Å². The summed E-state index contributed by atoms with van der Waals surface area (Å²) in [4.78, 5) is 9.14. The number of nitrogens with two attached hydrogens (primary N) is 1. The summed E-state index contributed by atoms with van der Waals surface area (Å²) in [6.07, 6.45) is 1.53. The van der Waals surface area contributed by atoms with E-state index >= 15 is 0 Å². The number of rotatable bonds is 2. The van der Waals surface area contributed by atoms with E-state index in [0.717, 1.165) is 0 Å². The Hall–Kier alpha value is -0.410. The second kappa shape index (κ2) is 3.59. The first-order valence-electron chi connectivity index (χ1n) is 1.20. The van der Waals surface area contributed by atoms with E-state index in [0.29, 0.717) is 0 Å². The van der Waals surface area contributed by atoms with Crippen molar-refractivity contribution in [3.63, 3.8) is 0 Å². The molecular weight excluding hydrogens is 68.0 g/mol. The molecule has 0 bridgehead atoms. The van der Waals surface area contributed by atoms with Crippen LogP contribution in [-0.4, -0.2) is 12.8 Å². The van der Waals surface area contributed by atoms with Crippen LogP contribution < -0.4 is 11.3 Å². The highest BCUT2D eigenvalue weighted by molar-refractivity contribution is 5.52. The number of carbonyl (C=O) groups excluding carboxylic acids is 1. The zero-order valence-corrected chi connectivity index (χ0v) is 2.69. The Labute approximate surface area is 30.1 Å². The van der Waals surface area contributed by atoms with Crippen molar-refractivity contribution in [3.8, 4) is 0 Å². The van der Waals surface area contributed by atoms with Crippen LogP contribution in [0.15, 0.2) is 0 Å². The van der Waals surface area contributed by atoms with Gasteiger partial charge in [-0.2, -0.15) is 0 Å². The van der Waals surface area contributed by atoms with Crippen LogP contribution in [-0.2, 0) is 4.79 Å². The van der Waals surface area contributed by atoms with Crippen molar-refractivity contribution >= 4 is 6.29 Å². The first kappa shape index (κ1) is 4.59. The van der Waals surface area contributed by atoms with Gasteiger partial charge in [0.15, 0.2) is 0 Å². The molecule has 5 heavy (non-hydrogen) atoms. The molecule has 0 fully saturated rings. The van der Waals surface area contributed by atoms with E-state index in [1.54, 1.807) is 0 Å². The Morgan fingerprint density at radius 2 is 2.60 bits per heavy atom. The molecule has 3 heteroatoms. The minimum absolute atomic E-state index is 0.111. The number of hydrazine groups is 1. The van der Waals surface area contributed by atoms with E-state index in [1.807, 2.05) is 0 Å². The van der Waals surface area contributed by atoms with Gasteiger partial charge in [-0.3, -0.25) is 16.1 Å². The average Bonchev–Trinajstić information content (AvgIpc) is 1.41. The molecule has 0 aliphatic rings. The number of hydrogen-bond donors (Lipinski definition) is 2. The van der Waals surface area contributed by atoms with Crippen LogP contribution in [0.3, 0.4) is 0 Å². The van der Waals surface area contributed by atoms with Gasteiger partial charge in [0.05, 0.1) is 6.54 Å². The zero-order valence-electron chi connectivity index (χ0n) is 2.69. The molecule has 0 amide bonds. The predicted molar refractivity (Wildman–Crippen MR) is 17.9 cm³/mol. The van der Waals surface area contributed by atoms with Crippen LogP contribution in [0.4, 0.5) is 0 Å². The molecule has 0 aliphatic carbocycles. The summed E-state index contributed by atoms with van der Waals surface area (Å²) < 4.78 is 0. The van der Waals surface area contributed by atoms with Crippen LogP contribution in [0.1, 0.15) is 0 Å². The van der Waals surface area contributed by atoms with Crippen molar-refractivity contribution in [1.29, 1.82) is 0 Å². The van der Waals surface area contributed by atoms with Gasteiger partial charge in [0, 0.05) is 0 Å². The summed E-state index contributed by atoms with van der Waals surface area (Å²) in [6.45, 7) is 0.111. The van der Waals surface area contributed by atoms with E-state index in [-0.39, 0.29) is 6.54 Å². The van der Waals surface area contributed by atoms with E-state index in [4.69, 9.17) is 4.79 Å². The molecule has 0 spiro atoms. The Balaban J connectivity index is 2.40. The van der Waals surface area contributed by atoms with Crippen molar-refractivity contribution < 1.29 is 4.79 Å². The fourth-order valence-corrected chi connectivity index (χ4v) is 0.0417. The van der Waals surface area contributed by atoms with Gasteiger partial charge in [0.2, 0.25) is 6.29 Å². The van der Waals surface area contributed by atoms with E-state index in [2.05, 4.69) is 11.3 Å². The van der Waals surface area contributed by atoms with Crippen molar-refractivity contribution in [3.05, 3.63) is 0 Å². The van der Waals surface area contributed by atoms with Crippen molar-refractivity contribution in [2.24, 2.45) is 5.84 Å². The molecule has 0 aromatic carbocycles. The standard InChI is InChI=1S/C2H5N2O/c3-4-1-2-5/h4H,1,3H2. The van der Waals surface area contributed by atoms with Gasteiger partial charge in [-0.1, -0.05) is 0 Å². The molecule has 0 atom stereocenters. The van der Waals surface area contributed by atoms with E-state index in [9.17, 15) is 0 Å². The van der Waals surface area contributed by atoms with Gasteiger partial charge in [-0.05, 0) is 0 Å². The van der Waals surface area contributed by atoms with Gasteiger partial charge < -0.3 is 0 Å². The highest BCUT2D eigenvalue weighted by atomic mass is 16.1. The highest BCUT2D eigenvalue weighted by Crippen LogP contribution is 1.28. The summed E-state index contributed by atoms with van der Waals surface area (Å²) in [7, 11) is 0. The molecule has 0 aromatic heterocycles. The molecule has 0 rings (SSSR count). The van der Waals surface area contributed by atoms with Crippen molar-refractivity contribution in [2.75, 3.05) is 6.54 Å². The SMILES string of the molecule is NNC[C]=O.